The van der Waals surface area contributed by atoms with Gasteiger partial charge >= 0.3 is 0 Å². The standard InChI is InChI=1S/C50H32.C46H30.C37H26/c1-2-14-35(15-3-1)49-43-22-10-12-24-45(43)50(46-25-13-11-23-44(46)49)48-32-38(30-36-16-4-7-19-40(36)48)33-26-28-34(29-27-33)47-31-37-17-5-6-18-39(37)41-20-8-9-21-42(41)47;1-2-13-34(14-3-1)45-40-18-8-10-20-42(40)46(43-21-11-9-19-41(43)45)44-30-38(29-37-16-6-7-17-39(37)44)33-24-22-32(23-25-33)36-27-26-31-12-4-5-15-35(31)28-36;1-25-19-21-26(22-20-25)29-23-28-13-5-6-14-30(28)35(24-29)37-33-17-9-7-15-31(33)36(27-11-3-2-4-12-27)32-16-8-10-18-34(32)37/h1-32H;1-30H;2-24H,1H3. The minimum atomic E-state index is 1.21. The maximum atomic E-state index is 2.42. The van der Waals surface area contributed by atoms with Crippen LogP contribution in [0.25, 0.3) is 252 Å². The van der Waals surface area contributed by atoms with E-state index in [0.29, 0.717) is 0 Å². The molecule has 0 saturated carbocycles. The van der Waals surface area contributed by atoms with Crippen molar-refractivity contribution >= 4 is 129 Å². The van der Waals surface area contributed by atoms with Crippen molar-refractivity contribution < 1.29 is 0 Å². The summed E-state index contributed by atoms with van der Waals surface area (Å²) in [4.78, 5) is 0. The molecule has 0 fully saturated rings. The van der Waals surface area contributed by atoms with Crippen LogP contribution in [-0.2, 0) is 0 Å². The van der Waals surface area contributed by atoms with Crippen LogP contribution in [0.3, 0.4) is 0 Å². The zero-order valence-electron chi connectivity index (χ0n) is 73.6. The molecular weight excluding hydrogens is 1600 g/mol. The van der Waals surface area contributed by atoms with Gasteiger partial charge in [-0.15, -0.1) is 0 Å². The van der Waals surface area contributed by atoms with Crippen LogP contribution in [0, 0.1) is 6.92 Å². The number of aryl methyl sites for hydroxylation is 1. The molecule has 0 heteroatoms. The molecule has 0 aliphatic carbocycles. The highest BCUT2D eigenvalue weighted by Gasteiger charge is 2.25. The van der Waals surface area contributed by atoms with Crippen molar-refractivity contribution in [2.24, 2.45) is 0 Å². The van der Waals surface area contributed by atoms with E-state index in [2.05, 4.69) is 523 Å². The van der Waals surface area contributed by atoms with E-state index in [1.165, 1.54) is 257 Å². The van der Waals surface area contributed by atoms with Crippen molar-refractivity contribution in [3.63, 3.8) is 0 Å². The summed E-state index contributed by atoms with van der Waals surface area (Å²) < 4.78 is 0. The van der Waals surface area contributed by atoms with Crippen LogP contribution in [0.15, 0.2) is 516 Å². The Hall–Kier alpha value is -17.2. The van der Waals surface area contributed by atoms with Crippen molar-refractivity contribution in [3.8, 4) is 122 Å². The van der Waals surface area contributed by atoms with Crippen molar-refractivity contribution in [1.29, 1.82) is 0 Å². The number of fused-ring (bicyclic) bond motifs is 13. The average Bonchev–Trinajstić information content (AvgIpc) is 0.734. The van der Waals surface area contributed by atoms with Gasteiger partial charge in [-0.1, -0.05) is 473 Å². The molecule has 26 rings (SSSR count). The second kappa shape index (κ2) is 34.1. The van der Waals surface area contributed by atoms with Gasteiger partial charge in [-0.25, -0.2) is 0 Å². The Bertz CT molecular complexity index is 8850. The first-order valence-corrected chi connectivity index (χ1v) is 46.2. The van der Waals surface area contributed by atoms with E-state index in [1.54, 1.807) is 0 Å². The van der Waals surface area contributed by atoms with Gasteiger partial charge in [0.05, 0.1) is 0 Å². The normalized spacial score (nSPS) is 11.5. The third-order valence-electron chi connectivity index (χ3n) is 27.4. The van der Waals surface area contributed by atoms with Crippen molar-refractivity contribution in [1.82, 2.24) is 0 Å². The zero-order valence-corrected chi connectivity index (χ0v) is 73.6. The van der Waals surface area contributed by atoms with E-state index in [9.17, 15) is 0 Å². The van der Waals surface area contributed by atoms with Gasteiger partial charge in [-0.3, -0.25) is 0 Å². The smallest absolute Gasteiger partial charge is 0.00199 e. The summed E-state index contributed by atoms with van der Waals surface area (Å²) in [6, 6.07) is 189. The molecule has 0 heterocycles. The number of rotatable bonds is 11. The fourth-order valence-electron chi connectivity index (χ4n) is 21.2. The summed E-state index contributed by atoms with van der Waals surface area (Å²) >= 11 is 0. The quantitative estimate of drug-likeness (QED) is 0.0894. The monoisotopic (exact) mass is 1680 g/mol. The van der Waals surface area contributed by atoms with Crippen LogP contribution >= 0.6 is 0 Å². The molecule has 0 N–H and O–H groups in total. The number of hydrogen-bond donors (Lipinski definition) is 0. The maximum Gasteiger partial charge on any atom is -0.00199 e. The molecule has 0 unspecified atom stereocenters. The highest BCUT2D eigenvalue weighted by molar-refractivity contribution is 6.28. The van der Waals surface area contributed by atoms with Crippen molar-refractivity contribution in [2.75, 3.05) is 0 Å². The predicted octanol–water partition coefficient (Wildman–Crippen LogP) is 37.5. The Balaban J connectivity index is 0.000000111. The maximum absolute atomic E-state index is 2.42. The Labute approximate surface area is 774 Å². The Kier molecular flexibility index (Phi) is 20.3. The van der Waals surface area contributed by atoms with Gasteiger partial charge in [0.25, 0.3) is 0 Å². The van der Waals surface area contributed by atoms with Gasteiger partial charge in [0, 0.05) is 0 Å². The van der Waals surface area contributed by atoms with E-state index < -0.39 is 0 Å². The lowest BCUT2D eigenvalue weighted by Crippen LogP contribution is -1.92. The molecule has 0 radical (unpaired) electrons. The molecule has 26 aromatic rings. The SMILES string of the molecule is Cc1ccc(-c2cc(-c3c4ccccc4c(-c4ccccc4)c4ccccc34)c3ccccc3c2)cc1.c1ccc(-c2c3ccccc3c(-c3cc(-c4ccc(-c5cc6ccccc6c6ccccc56)cc4)cc4ccccc34)c3ccccc23)cc1.c1ccc(-c2c3ccccc3c(-c3cc(-c4ccc(-c5ccc6ccccc6c5)cc4)cc4ccccc34)c3ccccc23)cc1. The molecule has 0 nitrogen and oxygen atoms in total. The zero-order chi connectivity index (χ0) is 88.2. The Morgan fingerprint density at radius 3 is 0.647 bits per heavy atom. The van der Waals surface area contributed by atoms with Crippen LogP contribution in [0.4, 0.5) is 0 Å². The second-order valence-corrected chi connectivity index (χ2v) is 35.1. The van der Waals surface area contributed by atoms with Gasteiger partial charge in [-0.2, -0.15) is 0 Å². The fraction of sp³-hybridized carbons (Fsp3) is 0.00752. The van der Waals surface area contributed by atoms with Crippen molar-refractivity contribution in [2.45, 2.75) is 6.92 Å². The van der Waals surface area contributed by atoms with Crippen LogP contribution in [-0.4, -0.2) is 0 Å². The largest absolute Gasteiger partial charge is 0.0622 e. The molecule has 0 aliphatic rings. The summed E-state index contributed by atoms with van der Waals surface area (Å²) in [6.07, 6.45) is 0. The van der Waals surface area contributed by atoms with Gasteiger partial charge in [0.15, 0.2) is 0 Å². The molecule has 26 aromatic carbocycles. The summed E-state index contributed by atoms with van der Waals surface area (Å²) in [7, 11) is 0. The van der Waals surface area contributed by atoms with E-state index >= 15 is 0 Å². The molecule has 133 heavy (non-hydrogen) atoms. The third kappa shape index (κ3) is 14.5. The highest BCUT2D eigenvalue weighted by atomic mass is 14.3. The fourth-order valence-corrected chi connectivity index (χ4v) is 21.2. The van der Waals surface area contributed by atoms with Crippen LogP contribution < -0.4 is 0 Å². The summed E-state index contributed by atoms with van der Waals surface area (Å²) in [5, 5.41) is 30.5. The minimum Gasteiger partial charge on any atom is -0.0622 e. The first kappa shape index (κ1) is 79.3. The van der Waals surface area contributed by atoms with Crippen LogP contribution in [0.1, 0.15) is 5.56 Å². The number of hydrogen-bond acceptors (Lipinski definition) is 0. The highest BCUT2D eigenvalue weighted by Crippen LogP contribution is 2.52. The van der Waals surface area contributed by atoms with Gasteiger partial charge < -0.3 is 0 Å². The molecule has 0 bridgehead atoms. The van der Waals surface area contributed by atoms with E-state index in [4.69, 9.17) is 0 Å². The topological polar surface area (TPSA) is 0 Å². The van der Waals surface area contributed by atoms with Gasteiger partial charge in [0.1, 0.15) is 0 Å². The Morgan fingerprint density at radius 1 is 0.0977 bits per heavy atom. The second-order valence-electron chi connectivity index (χ2n) is 35.1. The lowest BCUT2D eigenvalue weighted by molar-refractivity contribution is 1.47. The molecule has 0 amide bonds. The molecule has 0 aliphatic heterocycles. The van der Waals surface area contributed by atoms with Crippen molar-refractivity contribution in [3.05, 3.63) is 521 Å². The first-order valence-electron chi connectivity index (χ1n) is 46.2. The van der Waals surface area contributed by atoms with Crippen LogP contribution in [0.2, 0.25) is 0 Å². The lowest BCUT2D eigenvalue weighted by Gasteiger charge is -2.19. The summed E-state index contributed by atoms with van der Waals surface area (Å²) in [6.45, 7) is 2.14. The first-order chi connectivity index (χ1) is 65.9. The summed E-state index contributed by atoms with van der Waals surface area (Å²) in [5.41, 5.74) is 28.9. The molecule has 0 aromatic heterocycles. The van der Waals surface area contributed by atoms with Gasteiger partial charge in [-0.05, 0) is 307 Å². The van der Waals surface area contributed by atoms with E-state index in [0.717, 1.165) is 0 Å². The molecule has 0 atom stereocenters. The summed E-state index contributed by atoms with van der Waals surface area (Å²) in [5.74, 6) is 0. The minimum absolute atomic E-state index is 1.21. The third-order valence-corrected chi connectivity index (χ3v) is 27.4. The van der Waals surface area contributed by atoms with E-state index in [1.807, 2.05) is 0 Å². The number of benzene rings is 26. The van der Waals surface area contributed by atoms with Gasteiger partial charge in [0.2, 0.25) is 0 Å². The molecule has 620 valence electrons. The van der Waals surface area contributed by atoms with E-state index in [-0.39, 0.29) is 0 Å². The molecule has 0 spiro atoms. The van der Waals surface area contributed by atoms with Crippen LogP contribution in [0.5, 0.6) is 0 Å². The predicted molar refractivity (Wildman–Crippen MR) is 574 cm³/mol. The molecule has 0 saturated heterocycles. The molecular formula is C133H88. The average molecular weight is 1690 g/mol. The Morgan fingerprint density at radius 2 is 0.316 bits per heavy atom. The lowest BCUT2D eigenvalue weighted by atomic mass is 9.83.